The van der Waals surface area contributed by atoms with E-state index in [1.54, 1.807) is 96.9 Å². The summed E-state index contributed by atoms with van der Waals surface area (Å²) in [6.07, 6.45) is -30.1. The molecule has 8 aliphatic rings. The first-order valence-electron chi connectivity index (χ1n) is 45.7. The standard InChI is InChI=1S/C12H25O7P.C11H23O7P.C11H22O7S.C11H20O6.C10H20O7S.2C10H18O6.C9H16O6/c1-8(2)18-12-11(14)10(13)7-9(19-12)5-6-20(15,16-3)17-4;1-7(2)17-11-10(13)9(12)8(18-11)5-6-19(14,15-3)16-4;1-7(2)17-11-10(13)9(12)6-8(18-11)4-5-19(14,15)16-3;1-6(2)16-11-10(14)9(13)4-8(17-11)5-15-7(3)12;1-6(2)16-10-9(12)8(11)7(17-10)4-5-18(13,14)15-3;1-5(2)15-10-8(12)6(11)4-7(16-10)9(13)14-3;1-5(2)15-10-9(13)8(12)7(16-10)4-14-6(3)11;1-4(2)14-9-6(11)5(10)7(15-9)8(12)13-3/h8-14H,5-7H2,1-4H3;7-13H,5-6H2,1-4H3;7-13H,4-6H2,1-3H3;6,8-11,13-14H,4-5H2,1-3H3;6-12H,4-5H2,1-3H3;5-8,10-12H,4H2,1-3H3;5,7-10,12-13H,4H2,1-3H3;4-7,9-11H,1-3H3/t9-,10-,11-,12-;2*8-,9-,10-,11-;8-,9+,10+,11+;7-,8-,9-,10-;6-,7+,8-,10-;7-,8-,9-,10-;5-,6+,7-,9+/m11101110/s1. The van der Waals surface area contributed by atoms with Crippen LogP contribution in [0, 0.1) is 0 Å². The third kappa shape index (κ3) is 49.4. The van der Waals surface area contributed by atoms with Crippen LogP contribution in [0.2, 0.25) is 0 Å². The monoisotopic (exact) mass is 2130 g/mol. The van der Waals surface area contributed by atoms with Gasteiger partial charge in [0, 0.05) is 68.0 Å². The molecule has 0 radical (unpaired) electrons. The van der Waals surface area contributed by atoms with Crippen molar-refractivity contribution in [2.75, 3.05) is 93.9 Å². The van der Waals surface area contributed by atoms with E-state index in [-0.39, 0.29) is 137 Å². The van der Waals surface area contributed by atoms with Crippen LogP contribution in [0.1, 0.15) is 176 Å². The Kier molecular flexibility index (Phi) is 63.8. The van der Waals surface area contributed by atoms with Crippen molar-refractivity contribution in [1.82, 2.24) is 0 Å². The summed E-state index contributed by atoms with van der Waals surface area (Å²) in [4.78, 5) is 43.6. The second kappa shape index (κ2) is 66.3. The summed E-state index contributed by atoms with van der Waals surface area (Å²) in [5.74, 6) is -2.66. The van der Waals surface area contributed by atoms with Crippen LogP contribution in [0.5, 0.6) is 0 Å². The average molecular weight is 2130 g/mol. The highest BCUT2D eigenvalue weighted by Gasteiger charge is 2.51. The normalized spacial score (nSPS) is 33.5. The van der Waals surface area contributed by atoms with E-state index in [9.17, 15) is 127 Å². The maximum atomic E-state index is 12.0. The molecule has 0 bridgehead atoms. The molecule has 8 aliphatic heterocycles. The zero-order chi connectivity index (χ0) is 108. The Morgan fingerprint density at radius 2 is 0.564 bits per heavy atom. The molecular formula is C84H162O52P2S2. The van der Waals surface area contributed by atoms with Crippen LogP contribution >= 0.6 is 15.2 Å². The first kappa shape index (κ1) is 135. The van der Waals surface area contributed by atoms with E-state index in [1.165, 1.54) is 56.5 Å². The quantitative estimate of drug-likeness (QED) is 0.0142. The van der Waals surface area contributed by atoms with Gasteiger partial charge in [0.25, 0.3) is 20.2 Å². The number of ether oxygens (including phenoxy) is 20. The molecule has 8 fully saturated rings. The second-order valence-electron chi connectivity index (χ2n) is 35.1. The number of rotatable bonds is 40. The van der Waals surface area contributed by atoms with E-state index in [0.717, 1.165) is 14.2 Å². The largest absolute Gasteiger partial charge is 0.467 e. The van der Waals surface area contributed by atoms with Crippen molar-refractivity contribution < 1.29 is 248 Å². The van der Waals surface area contributed by atoms with Crippen molar-refractivity contribution in [2.24, 2.45) is 0 Å². The van der Waals surface area contributed by atoms with Gasteiger partial charge in [-0.1, -0.05) is 0 Å². The predicted molar refractivity (Wildman–Crippen MR) is 484 cm³/mol. The van der Waals surface area contributed by atoms with E-state index in [2.05, 4.69) is 17.8 Å². The summed E-state index contributed by atoms with van der Waals surface area (Å²) in [6.45, 7) is 31.1. The van der Waals surface area contributed by atoms with E-state index < -0.39 is 250 Å². The molecule has 0 aromatic rings. The minimum atomic E-state index is -3.60. The molecule has 0 aliphatic carbocycles. The number of hydrogen-bond acceptors (Lipinski definition) is 52. The lowest BCUT2D eigenvalue weighted by Gasteiger charge is -2.37. The zero-order valence-corrected chi connectivity index (χ0v) is 88.0. The molecule has 0 unspecified atom stereocenters. The lowest BCUT2D eigenvalue weighted by Crippen LogP contribution is -2.52. The van der Waals surface area contributed by atoms with Gasteiger partial charge in [-0.3, -0.25) is 27.1 Å². The Labute approximate surface area is 819 Å². The molecule has 140 heavy (non-hydrogen) atoms. The van der Waals surface area contributed by atoms with Crippen molar-refractivity contribution in [3.8, 4) is 0 Å². The van der Waals surface area contributed by atoms with Gasteiger partial charge in [-0.15, -0.1) is 0 Å². The van der Waals surface area contributed by atoms with Crippen LogP contribution < -0.4 is 0 Å². The predicted octanol–water partition coefficient (Wildman–Crippen LogP) is -1.62. The van der Waals surface area contributed by atoms with E-state index in [1.807, 2.05) is 13.8 Å². The van der Waals surface area contributed by atoms with Crippen LogP contribution in [0.25, 0.3) is 0 Å². The van der Waals surface area contributed by atoms with E-state index in [0.29, 0.717) is 6.42 Å². The van der Waals surface area contributed by atoms with Crippen molar-refractivity contribution >= 4 is 59.3 Å². The Bertz CT molecular complexity index is 3730. The Morgan fingerprint density at radius 1 is 0.300 bits per heavy atom. The van der Waals surface area contributed by atoms with Crippen molar-refractivity contribution in [3.63, 3.8) is 0 Å². The van der Waals surface area contributed by atoms with Gasteiger partial charge >= 0.3 is 39.1 Å². The van der Waals surface area contributed by atoms with Crippen LogP contribution in [0.3, 0.4) is 0 Å². The minimum Gasteiger partial charge on any atom is -0.467 e. The average Bonchev–Trinajstić information content (AvgIpc) is 1.77. The van der Waals surface area contributed by atoms with Gasteiger partial charge in [0.2, 0.25) is 0 Å². The van der Waals surface area contributed by atoms with Crippen LogP contribution in [0.15, 0.2) is 0 Å². The van der Waals surface area contributed by atoms with E-state index in [4.69, 9.17) is 103 Å². The fourth-order valence-electron chi connectivity index (χ4n) is 13.3. The third-order valence-electron chi connectivity index (χ3n) is 20.6. The number of carbonyl (C=O) groups is 4. The molecule has 52 nitrogen and oxygen atoms in total. The maximum absolute atomic E-state index is 12.0. The lowest BCUT2D eigenvalue weighted by molar-refractivity contribution is -0.281. The molecule has 832 valence electrons. The zero-order valence-electron chi connectivity index (χ0n) is 84.6. The smallest absolute Gasteiger partial charge is 0.337 e. The van der Waals surface area contributed by atoms with Crippen molar-refractivity contribution in [3.05, 3.63) is 0 Å². The van der Waals surface area contributed by atoms with Crippen molar-refractivity contribution in [1.29, 1.82) is 0 Å². The summed E-state index contributed by atoms with van der Waals surface area (Å²) in [5, 5.41) is 155. The molecule has 0 aromatic carbocycles. The Morgan fingerprint density at radius 3 is 0.893 bits per heavy atom. The Hall–Kier alpha value is -3.28. The number of esters is 4. The molecule has 0 spiro atoms. The Balaban J connectivity index is 0.000000801. The van der Waals surface area contributed by atoms with Gasteiger partial charge in [0.15, 0.2) is 62.5 Å². The summed E-state index contributed by atoms with van der Waals surface area (Å²) in [5.41, 5.74) is 0. The summed E-state index contributed by atoms with van der Waals surface area (Å²) in [6, 6.07) is 0. The molecular weight excluding hydrogens is 1970 g/mol. The molecule has 0 saturated carbocycles. The van der Waals surface area contributed by atoms with Gasteiger partial charge in [0.05, 0.1) is 156 Å². The van der Waals surface area contributed by atoms with Crippen LogP contribution in [-0.2, 0) is 170 Å². The fraction of sp³-hybridized carbons (Fsp3) is 0.952. The molecule has 32 atom stereocenters. The number of aliphatic hydroxyl groups is 16. The number of carbonyl (C=O) groups excluding carboxylic acids is 4. The molecule has 56 heteroatoms. The van der Waals surface area contributed by atoms with Gasteiger partial charge < -0.3 is 195 Å². The number of hydrogen-bond donors (Lipinski definition) is 16. The molecule has 16 N–H and O–H groups in total. The number of aliphatic hydroxyl groups excluding tert-OH is 16. The molecule has 0 amide bonds. The van der Waals surface area contributed by atoms with Crippen LogP contribution in [-0.4, -0.2) is 462 Å². The van der Waals surface area contributed by atoms with Gasteiger partial charge in [-0.25, -0.2) is 9.59 Å². The minimum absolute atomic E-state index is 0.00575. The van der Waals surface area contributed by atoms with Gasteiger partial charge in [-0.05, 0) is 136 Å². The summed E-state index contributed by atoms with van der Waals surface area (Å²) in [7, 11) is -3.55. The highest BCUT2D eigenvalue weighted by molar-refractivity contribution is 7.86. The lowest BCUT2D eigenvalue weighted by atomic mass is 10.0. The van der Waals surface area contributed by atoms with Gasteiger partial charge in [-0.2, -0.15) is 16.8 Å². The second-order valence-corrected chi connectivity index (χ2v) is 43.6. The van der Waals surface area contributed by atoms with E-state index >= 15 is 0 Å². The summed E-state index contributed by atoms with van der Waals surface area (Å²) < 4.78 is 200. The third-order valence-corrected chi connectivity index (χ3v) is 26.9. The SMILES string of the molecule is CC(=O)OC[C@@H]1C[C@@H](O)[C@@H](O)[C@H](OC(C)C)O1.CC(=O)OC[C@H]1O[C@@H](OC(C)C)[C@H](O)[C@@H]1O.COC(=O)[C@@H]1C[C@@H](O)[C@@H](O)[C@H](OC(C)C)O1.COC(=O)[C@H]1O[C@@H](OC(C)C)[C@H](O)[C@@H]1O.COP(=O)(CC[C@@H]1C[C@@H](O)[C@@H](O)[C@H](OC(C)C)O1)OC.COP(=O)(CC[C@H]1O[C@@H](OC(C)C)[C@H](O)[C@@H]1O)OC.COS(=O)(=O)CC[C@@H]1C[C@@H](O)[C@@H](O)[C@H](OC(C)C)O1.COS(=O)(=O)CC[C@H]1O[C@@H](OC(C)C)[C@H](O)[C@@H]1O. The highest BCUT2D eigenvalue weighted by atomic mass is 32.2. The first-order valence-corrected chi connectivity index (χ1v) is 52.3. The maximum Gasteiger partial charge on any atom is 0.337 e. The van der Waals surface area contributed by atoms with Crippen molar-refractivity contribution in [2.45, 2.75) is 422 Å². The molecule has 0 aromatic heterocycles. The van der Waals surface area contributed by atoms with Gasteiger partial charge in [0.1, 0.15) is 92.6 Å². The number of methoxy groups -OCH3 is 2. The molecule has 8 rings (SSSR count). The molecule has 8 saturated heterocycles. The highest BCUT2D eigenvalue weighted by Crippen LogP contribution is 2.49. The topological polar surface area (TPSA) is 734 Å². The van der Waals surface area contributed by atoms with Crippen LogP contribution in [0.4, 0.5) is 0 Å². The summed E-state index contributed by atoms with van der Waals surface area (Å²) >= 11 is 0. The first-order chi connectivity index (χ1) is 64.9. The fourth-order valence-corrected chi connectivity index (χ4v) is 16.9. The molecule has 8 heterocycles.